The molecule has 0 aliphatic rings. The Labute approximate surface area is 160 Å². The molecule has 0 aliphatic carbocycles. The van der Waals surface area contributed by atoms with Gasteiger partial charge in [-0.15, -0.1) is 11.3 Å². The molecule has 1 aromatic carbocycles. The van der Waals surface area contributed by atoms with E-state index in [1.165, 1.54) is 11.3 Å². The number of amides is 1. The second-order valence-electron chi connectivity index (χ2n) is 6.12. The first-order valence-corrected chi connectivity index (χ1v) is 9.36. The lowest BCUT2D eigenvalue weighted by molar-refractivity contribution is 0.100. The molecule has 1 unspecified atom stereocenters. The summed E-state index contributed by atoms with van der Waals surface area (Å²) >= 11 is 1.50. The fraction of sp³-hybridized carbons (Fsp3) is 0.278. The lowest BCUT2D eigenvalue weighted by atomic mass is 10.1. The largest absolute Gasteiger partial charge is 0.365 e. The van der Waals surface area contributed by atoms with E-state index in [1.54, 1.807) is 17.5 Å². The highest BCUT2D eigenvalue weighted by Gasteiger charge is 2.21. The van der Waals surface area contributed by atoms with E-state index < -0.39 is 11.7 Å². The molecule has 1 atom stereocenters. The maximum atomic E-state index is 14.6. The van der Waals surface area contributed by atoms with Gasteiger partial charge in [-0.1, -0.05) is 6.92 Å². The van der Waals surface area contributed by atoms with E-state index in [2.05, 4.69) is 15.3 Å². The molecule has 0 bridgehead atoms. The Morgan fingerprint density at radius 3 is 2.85 bits per heavy atom. The normalized spacial score (nSPS) is 12.1. The summed E-state index contributed by atoms with van der Waals surface area (Å²) in [5.74, 6) is -1.08. The minimum atomic E-state index is -0.761. The van der Waals surface area contributed by atoms with E-state index in [1.807, 2.05) is 25.1 Å². The molecule has 7 nitrogen and oxygen atoms in total. The van der Waals surface area contributed by atoms with Crippen molar-refractivity contribution in [2.24, 2.45) is 11.5 Å². The maximum Gasteiger partial charge on any atom is 0.252 e. The smallest absolute Gasteiger partial charge is 0.252 e. The van der Waals surface area contributed by atoms with Crippen molar-refractivity contribution >= 4 is 44.8 Å². The first-order valence-electron chi connectivity index (χ1n) is 8.48. The number of thiazole rings is 1. The van der Waals surface area contributed by atoms with Crippen LogP contribution in [-0.4, -0.2) is 35.5 Å². The van der Waals surface area contributed by atoms with E-state index in [9.17, 15) is 9.18 Å². The molecule has 3 aromatic rings. The van der Waals surface area contributed by atoms with Crippen LogP contribution in [0.1, 0.15) is 23.7 Å². The molecule has 2 heterocycles. The first-order chi connectivity index (χ1) is 12.9. The number of primary amides is 1. The summed E-state index contributed by atoms with van der Waals surface area (Å²) in [7, 11) is 1.73. The van der Waals surface area contributed by atoms with Crippen molar-refractivity contribution in [2.45, 2.75) is 19.4 Å². The number of nitrogens with zero attached hydrogens (tertiary/aromatic N) is 3. The van der Waals surface area contributed by atoms with Gasteiger partial charge in [0, 0.05) is 25.3 Å². The number of anilines is 3. The van der Waals surface area contributed by atoms with Crippen molar-refractivity contribution in [3.05, 3.63) is 41.2 Å². The molecule has 0 radical (unpaired) electrons. The van der Waals surface area contributed by atoms with Gasteiger partial charge in [0.25, 0.3) is 5.91 Å². The fourth-order valence-corrected chi connectivity index (χ4v) is 3.57. The zero-order chi connectivity index (χ0) is 19.6. The van der Waals surface area contributed by atoms with E-state index in [0.717, 1.165) is 22.7 Å². The minimum Gasteiger partial charge on any atom is -0.365 e. The van der Waals surface area contributed by atoms with Crippen LogP contribution in [0.3, 0.4) is 0 Å². The van der Waals surface area contributed by atoms with Crippen LogP contribution in [0.5, 0.6) is 0 Å². The van der Waals surface area contributed by atoms with Gasteiger partial charge < -0.3 is 21.7 Å². The van der Waals surface area contributed by atoms with Crippen molar-refractivity contribution in [3.8, 4) is 0 Å². The highest BCUT2D eigenvalue weighted by molar-refractivity contribution is 7.16. The molecule has 9 heteroatoms. The lowest BCUT2D eigenvalue weighted by Crippen LogP contribution is -2.38. The number of fused-ring (bicyclic) bond motifs is 1. The van der Waals surface area contributed by atoms with Gasteiger partial charge in [0.2, 0.25) is 0 Å². The molecule has 0 saturated carbocycles. The Hall–Kier alpha value is -2.78. The minimum absolute atomic E-state index is 0.0187. The summed E-state index contributed by atoms with van der Waals surface area (Å²) in [6.45, 7) is 2.32. The molecule has 5 N–H and O–H groups in total. The summed E-state index contributed by atoms with van der Waals surface area (Å²) < 4.78 is 15.6. The molecule has 142 valence electrons. The van der Waals surface area contributed by atoms with Gasteiger partial charge in [-0.25, -0.2) is 14.4 Å². The Kier molecular flexibility index (Phi) is 5.52. The predicted octanol–water partition coefficient (Wildman–Crippen LogP) is 2.85. The zero-order valence-electron chi connectivity index (χ0n) is 15.1. The molecule has 27 heavy (non-hydrogen) atoms. The van der Waals surface area contributed by atoms with Crippen molar-refractivity contribution < 1.29 is 9.18 Å². The highest BCUT2D eigenvalue weighted by Crippen LogP contribution is 2.28. The number of nitrogens with two attached hydrogens (primary N) is 2. The van der Waals surface area contributed by atoms with Crippen LogP contribution >= 0.6 is 11.3 Å². The predicted molar refractivity (Wildman–Crippen MR) is 107 cm³/mol. The number of nitrogens with one attached hydrogen (secondary N) is 1. The molecule has 0 fully saturated rings. The van der Waals surface area contributed by atoms with Crippen LogP contribution < -0.4 is 21.7 Å². The SMILES string of the molecule is CCC(CN)N(C)c1nc(Nc2ccc3ncsc3c2)c(C(N)=O)cc1F. The van der Waals surface area contributed by atoms with Gasteiger partial charge in [0.05, 0.1) is 21.3 Å². The van der Waals surface area contributed by atoms with E-state index in [-0.39, 0.29) is 23.2 Å². The number of likely N-dealkylation sites (N-methyl/N-ethyl adjacent to an activating group) is 1. The van der Waals surface area contributed by atoms with E-state index >= 15 is 0 Å². The molecule has 1 amide bonds. The number of hydrogen-bond donors (Lipinski definition) is 3. The molecule has 0 saturated heterocycles. The Balaban J connectivity index is 2.03. The number of benzene rings is 1. The van der Waals surface area contributed by atoms with Crippen LogP contribution in [0.2, 0.25) is 0 Å². The summed E-state index contributed by atoms with van der Waals surface area (Å²) in [4.78, 5) is 22.1. The van der Waals surface area contributed by atoms with Crippen molar-refractivity contribution in [3.63, 3.8) is 0 Å². The number of halogens is 1. The van der Waals surface area contributed by atoms with Crippen LogP contribution in [-0.2, 0) is 0 Å². The molecule has 0 aliphatic heterocycles. The van der Waals surface area contributed by atoms with Gasteiger partial charge >= 0.3 is 0 Å². The van der Waals surface area contributed by atoms with Gasteiger partial charge in [0.15, 0.2) is 11.6 Å². The van der Waals surface area contributed by atoms with E-state index in [0.29, 0.717) is 12.2 Å². The Morgan fingerprint density at radius 1 is 1.41 bits per heavy atom. The van der Waals surface area contributed by atoms with Gasteiger partial charge in [-0.2, -0.15) is 0 Å². The van der Waals surface area contributed by atoms with Crippen molar-refractivity contribution in [1.29, 1.82) is 0 Å². The topological polar surface area (TPSA) is 110 Å². The van der Waals surface area contributed by atoms with Crippen molar-refractivity contribution in [2.75, 3.05) is 23.8 Å². The number of hydrogen-bond acceptors (Lipinski definition) is 7. The third kappa shape index (κ3) is 3.83. The first kappa shape index (κ1) is 19.0. The summed E-state index contributed by atoms with van der Waals surface area (Å²) in [5, 5.41) is 3.08. The Bertz CT molecular complexity index is 972. The molecular formula is C18H21FN6OS. The second-order valence-corrected chi connectivity index (χ2v) is 7.01. The molecule has 3 rings (SSSR count). The molecule has 0 spiro atoms. The van der Waals surface area contributed by atoms with Crippen LogP contribution in [0.25, 0.3) is 10.2 Å². The number of pyridine rings is 1. The number of rotatable bonds is 7. The zero-order valence-corrected chi connectivity index (χ0v) is 15.9. The van der Waals surface area contributed by atoms with Crippen LogP contribution in [0, 0.1) is 5.82 Å². The van der Waals surface area contributed by atoms with Crippen molar-refractivity contribution in [1.82, 2.24) is 9.97 Å². The standard InChI is InChI=1S/C18H21FN6OS/c1-3-11(8-20)25(2)18-13(19)7-12(16(21)26)17(24-18)23-10-4-5-14-15(6-10)27-9-22-14/h4-7,9,11H,3,8,20H2,1-2H3,(H2,21,26)(H,23,24). The van der Waals surface area contributed by atoms with Crippen LogP contribution in [0.4, 0.5) is 21.7 Å². The maximum absolute atomic E-state index is 14.6. The second kappa shape index (κ2) is 7.85. The lowest BCUT2D eigenvalue weighted by Gasteiger charge is -2.28. The average molecular weight is 388 g/mol. The number of carbonyl (C=O) groups is 1. The van der Waals surface area contributed by atoms with Gasteiger partial charge in [-0.05, 0) is 30.7 Å². The Morgan fingerprint density at radius 2 is 2.19 bits per heavy atom. The van der Waals surface area contributed by atoms with Gasteiger partial charge in [-0.3, -0.25) is 4.79 Å². The quantitative estimate of drug-likeness (QED) is 0.574. The average Bonchev–Trinajstić information content (AvgIpc) is 3.11. The number of aromatic nitrogens is 2. The summed E-state index contributed by atoms with van der Waals surface area (Å²) in [6, 6.07) is 6.60. The third-order valence-electron chi connectivity index (χ3n) is 4.44. The van der Waals surface area contributed by atoms with E-state index in [4.69, 9.17) is 11.5 Å². The van der Waals surface area contributed by atoms with Gasteiger partial charge in [0.1, 0.15) is 5.82 Å². The molecular weight excluding hydrogens is 367 g/mol. The fourth-order valence-electron chi connectivity index (χ4n) is 2.85. The van der Waals surface area contributed by atoms with Crippen LogP contribution in [0.15, 0.2) is 29.8 Å². The summed E-state index contributed by atoms with van der Waals surface area (Å²) in [5.41, 5.74) is 14.5. The third-order valence-corrected chi connectivity index (χ3v) is 5.23. The summed E-state index contributed by atoms with van der Waals surface area (Å²) in [6.07, 6.45) is 0.733. The highest BCUT2D eigenvalue weighted by atomic mass is 32.1. The molecule has 2 aromatic heterocycles. The number of carbonyl (C=O) groups excluding carboxylic acids is 1. The monoisotopic (exact) mass is 388 g/mol.